The zero-order valence-electron chi connectivity index (χ0n) is 22.9. The topological polar surface area (TPSA) is 213 Å². The lowest BCUT2D eigenvalue weighted by atomic mass is 10.2. The van der Waals surface area contributed by atoms with Crippen LogP contribution in [-0.2, 0) is 28.4 Å². The van der Waals surface area contributed by atoms with Crippen LogP contribution < -0.4 is 21.5 Å². The molecule has 1 fully saturated rings. The first-order chi connectivity index (χ1) is 18.2. The number of H-pyrrole nitrogens is 1. The van der Waals surface area contributed by atoms with E-state index in [0.717, 1.165) is 0 Å². The molecule has 218 valence electrons. The minimum absolute atomic E-state index is 0.0612. The summed E-state index contributed by atoms with van der Waals surface area (Å²) < 4.78 is 31.9. The molecule has 0 saturated heterocycles. The number of anilines is 1. The van der Waals surface area contributed by atoms with Crippen molar-refractivity contribution in [1.82, 2.24) is 29.7 Å². The van der Waals surface area contributed by atoms with Gasteiger partial charge in [-0.25, -0.2) is 15.2 Å². The molecule has 16 heteroatoms. The molecule has 2 heterocycles. The molecule has 1 aliphatic rings. The van der Waals surface area contributed by atoms with Crippen LogP contribution in [0, 0.1) is 0 Å². The highest BCUT2D eigenvalue weighted by atomic mass is 31.2. The summed E-state index contributed by atoms with van der Waals surface area (Å²) in [5.74, 6) is -1.31. The molecule has 6 N–H and O–H groups in total. The van der Waals surface area contributed by atoms with Crippen molar-refractivity contribution in [3.63, 3.8) is 0 Å². The van der Waals surface area contributed by atoms with E-state index in [0.29, 0.717) is 0 Å². The van der Waals surface area contributed by atoms with Gasteiger partial charge in [0.1, 0.15) is 18.4 Å². The molecule has 0 radical (unpaired) electrons. The van der Waals surface area contributed by atoms with Gasteiger partial charge in [0.2, 0.25) is 13.4 Å². The predicted octanol–water partition coefficient (Wildman–Crippen LogP) is 0.793. The molecule has 0 amide bonds. The van der Waals surface area contributed by atoms with Crippen LogP contribution in [0.1, 0.15) is 60.4 Å². The maximum atomic E-state index is 13.9. The molecular weight excluding hydrogens is 533 g/mol. The van der Waals surface area contributed by atoms with E-state index < -0.39 is 55.6 Å². The number of ether oxygens (including phenoxy) is 3. The fourth-order valence-electron chi connectivity index (χ4n) is 4.28. The highest BCUT2D eigenvalue weighted by Crippen LogP contribution is 2.41. The first-order valence-corrected chi connectivity index (χ1v) is 14.7. The Kier molecular flexibility index (Phi) is 9.88. The largest absolute Gasteiger partial charge is 0.462 e. The zero-order chi connectivity index (χ0) is 29.1. The van der Waals surface area contributed by atoms with Crippen LogP contribution in [0.15, 0.2) is 11.1 Å². The number of aliphatic hydroxyl groups is 1. The number of fused-ring (bicyclic) bond motifs is 1. The van der Waals surface area contributed by atoms with Crippen molar-refractivity contribution >= 4 is 36.5 Å². The van der Waals surface area contributed by atoms with E-state index in [1.165, 1.54) is 20.2 Å². The quantitative estimate of drug-likeness (QED) is 0.176. The summed E-state index contributed by atoms with van der Waals surface area (Å²) >= 11 is 0. The Bertz CT molecular complexity index is 1240. The van der Waals surface area contributed by atoms with Gasteiger partial charge in [0.15, 0.2) is 11.2 Å². The van der Waals surface area contributed by atoms with Gasteiger partial charge in [0.25, 0.3) is 5.56 Å². The Labute approximate surface area is 225 Å². The molecule has 15 nitrogen and oxygen atoms in total. The second kappa shape index (κ2) is 12.6. The van der Waals surface area contributed by atoms with E-state index in [9.17, 15) is 24.1 Å². The van der Waals surface area contributed by atoms with Crippen molar-refractivity contribution in [3.8, 4) is 0 Å². The molecule has 5 atom stereocenters. The van der Waals surface area contributed by atoms with E-state index in [2.05, 4.69) is 25.1 Å². The van der Waals surface area contributed by atoms with Crippen LogP contribution in [0.25, 0.3) is 11.2 Å². The molecule has 0 spiro atoms. The summed E-state index contributed by atoms with van der Waals surface area (Å²) in [6, 6.07) is -2.31. The van der Waals surface area contributed by atoms with E-state index in [1.54, 1.807) is 32.3 Å². The number of nitrogens with two attached hydrogens (primary N) is 1. The number of nitrogens with one attached hydrogen (secondary N) is 3. The van der Waals surface area contributed by atoms with Crippen molar-refractivity contribution in [2.24, 2.45) is 0 Å². The number of rotatable bonds is 12. The van der Waals surface area contributed by atoms with Crippen molar-refractivity contribution < 1.29 is 33.5 Å². The Morgan fingerprint density at radius 2 is 1.69 bits per heavy atom. The highest BCUT2D eigenvalue weighted by Gasteiger charge is 2.39. The predicted molar refractivity (Wildman–Crippen MR) is 142 cm³/mol. The summed E-state index contributed by atoms with van der Waals surface area (Å²) in [7, 11) is -3.77. The van der Waals surface area contributed by atoms with E-state index in [-0.39, 0.29) is 48.2 Å². The summed E-state index contributed by atoms with van der Waals surface area (Å²) in [5, 5.41) is 16.2. The van der Waals surface area contributed by atoms with Gasteiger partial charge in [-0.3, -0.25) is 23.9 Å². The van der Waals surface area contributed by atoms with Crippen LogP contribution >= 0.6 is 7.44 Å². The zero-order valence-corrected chi connectivity index (χ0v) is 23.8. The van der Waals surface area contributed by atoms with Gasteiger partial charge in [0.05, 0.1) is 30.7 Å². The smallest absolute Gasteiger partial charge is 0.323 e. The van der Waals surface area contributed by atoms with Crippen LogP contribution in [0.4, 0.5) is 5.95 Å². The molecule has 3 rings (SSSR count). The molecule has 1 saturated carbocycles. The molecular formula is C23H38N7O8P. The average Bonchev–Trinajstić information content (AvgIpc) is 3.39. The second-order valence-electron chi connectivity index (χ2n) is 10.2. The summed E-state index contributed by atoms with van der Waals surface area (Å²) in [4.78, 5) is 47.5. The van der Waals surface area contributed by atoms with E-state index in [1.807, 2.05) is 0 Å². The average molecular weight is 572 g/mol. The third-order valence-electron chi connectivity index (χ3n) is 5.98. The second-order valence-corrected chi connectivity index (χ2v) is 12.5. The number of aliphatic hydroxyl groups excluding tert-OH is 1. The standard InChI is InChI=1S/C23H38N7O8P/c1-11(2)37-21(33)13(5)28-39(35,29-14(6)22(34)38-12(3)4)10-36-17-8-15(7-16(17)31)30-9-25-18-19(30)26-23(24)27-20(18)32/h9,11-17,31H,7-8,10H2,1-6H3,(H2,28,29,35)(H3,24,26,27,32)/t13-,14-,15-,16-,17-/m0/s1. The summed E-state index contributed by atoms with van der Waals surface area (Å²) in [6.07, 6.45) is -0.905. The van der Waals surface area contributed by atoms with Gasteiger partial charge in [-0.2, -0.15) is 4.98 Å². The molecule has 0 aliphatic heterocycles. The Hall–Kier alpha value is -2.84. The summed E-state index contributed by atoms with van der Waals surface area (Å²) in [5.41, 5.74) is 5.60. The van der Waals surface area contributed by atoms with Gasteiger partial charge in [-0.05, 0) is 54.4 Å². The van der Waals surface area contributed by atoms with Crippen molar-refractivity contribution in [2.75, 3.05) is 12.1 Å². The van der Waals surface area contributed by atoms with Gasteiger partial charge in [-0.1, -0.05) is 0 Å². The fourth-order valence-corrected chi connectivity index (χ4v) is 6.37. The number of imidazole rings is 1. The number of aromatic nitrogens is 4. The lowest BCUT2D eigenvalue weighted by Crippen LogP contribution is -2.44. The number of hydrogen-bond donors (Lipinski definition) is 5. The first kappa shape index (κ1) is 30.7. The number of esters is 2. The monoisotopic (exact) mass is 571 g/mol. The number of hydrogen-bond acceptors (Lipinski definition) is 11. The Morgan fingerprint density at radius 1 is 1.13 bits per heavy atom. The van der Waals surface area contributed by atoms with Gasteiger partial charge >= 0.3 is 11.9 Å². The normalized spacial score (nSPS) is 21.4. The van der Waals surface area contributed by atoms with E-state index >= 15 is 0 Å². The number of nitrogen functional groups attached to an aromatic ring is 1. The Morgan fingerprint density at radius 3 is 2.23 bits per heavy atom. The van der Waals surface area contributed by atoms with Gasteiger partial charge in [-0.15, -0.1) is 0 Å². The van der Waals surface area contributed by atoms with Gasteiger partial charge < -0.3 is 29.6 Å². The molecule has 0 aromatic carbocycles. The highest BCUT2D eigenvalue weighted by molar-refractivity contribution is 7.59. The number of carbonyl (C=O) groups is 2. The molecule has 1 aliphatic carbocycles. The van der Waals surface area contributed by atoms with Crippen LogP contribution in [-0.4, -0.2) is 79.4 Å². The van der Waals surface area contributed by atoms with Crippen molar-refractivity contribution in [3.05, 3.63) is 16.7 Å². The third kappa shape index (κ3) is 7.85. The van der Waals surface area contributed by atoms with Crippen LogP contribution in [0.2, 0.25) is 0 Å². The lowest BCUT2D eigenvalue weighted by Gasteiger charge is -2.28. The number of nitrogens with zero attached hydrogens (tertiary/aromatic N) is 3. The fraction of sp³-hybridized carbons (Fsp3) is 0.696. The summed E-state index contributed by atoms with van der Waals surface area (Å²) in [6.45, 7) is 9.74. The van der Waals surface area contributed by atoms with Crippen LogP contribution in [0.5, 0.6) is 0 Å². The molecule has 2 aromatic heterocycles. The molecule has 39 heavy (non-hydrogen) atoms. The molecule has 0 unspecified atom stereocenters. The minimum atomic E-state index is -3.77. The van der Waals surface area contributed by atoms with Crippen LogP contribution in [0.3, 0.4) is 0 Å². The SMILES string of the molecule is CC(C)OC(=O)[C@H](C)NP(=O)(CO[C@H]1C[C@@H](n2cnc3c(=O)[nH]c(N)nc32)C[C@@H]1O)N[C@@H](C)C(=O)OC(C)C. The Balaban J connectivity index is 1.75. The van der Waals surface area contributed by atoms with Gasteiger partial charge in [0, 0.05) is 6.04 Å². The van der Waals surface area contributed by atoms with E-state index in [4.69, 9.17) is 19.9 Å². The number of aromatic amines is 1. The molecule has 0 bridgehead atoms. The maximum Gasteiger partial charge on any atom is 0.323 e. The first-order valence-electron chi connectivity index (χ1n) is 12.8. The third-order valence-corrected chi connectivity index (χ3v) is 8.10. The van der Waals surface area contributed by atoms with Crippen molar-refractivity contribution in [2.45, 2.75) is 96.9 Å². The maximum absolute atomic E-state index is 13.9. The number of carbonyl (C=O) groups excluding carboxylic acids is 2. The minimum Gasteiger partial charge on any atom is -0.462 e. The van der Waals surface area contributed by atoms with Crippen molar-refractivity contribution in [1.29, 1.82) is 0 Å². The lowest BCUT2D eigenvalue weighted by molar-refractivity contribution is -0.149. The molecule has 2 aromatic rings.